The van der Waals surface area contributed by atoms with Gasteiger partial charge in [-0.15, -0.1) is 0 Å². The van der Waals surface area contributed by atoms with Crippen molar-refractivity contribution in [2.75, 3.05) is 19.6 Å². The molecule has 1 saturated heterocycles. The van der Waals surface area contributed by atoms with Crippen molar-refractivity contribution in [3.05, 3.63) is 48.1 Å². The summed E-state index contributed by atoms with van der Waals surface area (Å²) in [5.74, 6) is 0.722. The van der Waals surface area contributed by atoms with Crippen LogP contribution in [0.15, 0.2) is 41.2 Å². The van der Waals surface area contributed by atoms with Gasteiger partial charge in [0.15, 0.2) is 6.33 Å². The fourth-order valence-corrected chi connectivity index (χ4v) is 2.99. The molecule has 1 aliphatic heterocycles. The lowest BCUT2D eigenvalue weighted by Crippen LogP contribution is -2.52. The standard InChI is InChI=1S/C16H22N4O/c1-2-14-10-17-15(13-6-4-3-5-7-13)11-20(14)9-8-16-18-12-19-21-16/h3-7,12,14-15,17H,2,8-11H2,1H3. The van der Waals surface area contributed by atoms with Crippen LogP contribution in [0, 0.1) is 0 Å². The van der Waals surface area contributed by atoms with Gasteiger partial charge in [0.25, 0.3) is 0 Å². The zero-order chi connectivity index (χ0) is 14.5. The topological polar surface area (TPSA) is 54.2 Å². The molecule has 0 bridgehead atoms. The monoisotopic (exact) mass is 286 g/mol. The molecule has 2 atom stereocenters. The van der Waals surface area contributed by atoms with Gasteiger partial charge in [-0.25, -0.2) is 0 Å². The molecule has 1 fully saturated rings. The third-order valence-corrected chi connectivity index (χ3v) is 4.23. The van der Waals surface area contributed by atoms with Crippen LogP contribution in [0.3, 0.4) is 0 Å². The minimum absolute atomic E-state index is 0.400. The molecule has 21 heavy (non-hydrogen) atoms. The van der Waals surface area contributed by atoms with Crippen LogP contribution >= 0.6 is 0 Å². The molecule has 1 aromatic heterocycles. The third-order valence-electron chi connectivity index (χ3n) is 4.23. The third kappa shape index (κ3) is 3.49. The highest BCUT2D eigenvalue weighted by molar-refractivity contribution is 5.20. The number of nitrogens with one attached hydrogen (secondary N) is 1. The molecule has 0 saturated carbocycles. The Labute approximate surface area is 125 Å². The van der Waals surface area contributed by atoms with E-state index in [1.54, 1.807) is 0 Å². The highest BCUT2D eigenvalue weighted by Crippen LogP contribution is 2.21. The molecule has 2 aromatic rings. The van der Waals surface area contributed by atoms with E-state index in [-0.39, 0.29) is 0 Å². The Hall–Kier alpha value is -1.72. The maximum Gasteiger partial charge on any atom is 0.227 e. The van der Waals surface area contributed by atoms with Gasteiger partial charge in [0.1, 0.15) is 0 Å². The first kappa shape index (κ1) is 14.2. The Balaban J connectivity index is 1.64. The highest BCUT2D eigenvalue weighted by atomic mass is 16.5. The van der Waals surface area contributed by atoms with Crippen LogP contribution in [0.1, 0.15) is 30.8 Å². The van der Waals surface area contributed by atoms with Crippen LogP contribution in [-0.4, -0.2) is 40.7 Å². The Kier molecular flexibility index (Phi) is 4.62. The van der Waals surface area contributed by atoms with Crippen LogP contribution in [0.2, 0.25) is 0 Å². The lowest BCUT2D eigenvalue weighted by molar-refractivity contribution is 0.125. The first-order chi connectivity index (χ1) is 10.4. The van der Waals surface area contributed by atoms with Gasteiger partial charge in [-0.2, -0.15) is 4.98 Å². The molecule has 2 heterocycles. The predicted octanol–water partition coefficient (Wildman–Crippen LogP) is 2.04. The molecule has 3 rings (SSSR count). The zero-order valence-electron chi connectivity index (χ0n) is 12.4. The maximum absolute atomic E-state index is 5.10. The summed E-state index contributed by atoms with van der Waals surface area (Å²) in [6, 6.07) is 11.6. The van der Waals surface area contributed by atoms with Gasteiger partial charge in [-0.1, -0.05) is 42.4 Å². The SMILES string of the molecule is CCC1CNC(c2ccccc2)CN1CCc1ncno1. The first-order valence-corrected chi connectivity index (χ1v) is 7.64. The number of nitrogens with zero attached hydrogens (tertiary/aromatic N) is 3. The van der Waals surface area contributed by atoms with E-state index in [2.05, 4.69) is 57.6 Å². The molecule has 0 amide bonds. The second kappa shape index (κ2) is 6.83. The summed E-state index contributed by atoms with van der Waals surface area (Å²) in [5, 5.41) is 7.34. The van der Waals surface area contributed by atoms with Gasteiger partial charge >= 0.3 is 0 Å². The fraction of sp³-hybridized carbons (Fsp3) is 0.500. The van der Waals surface area contributed by atoms with Crippen molar-refractivity contribution in [1.82, 2.24) is 20.4 Å². The molecule has 112 valence electrons. The van der Waals surface area contributed by atoms with E-state index in [9.17, 15) is 0 Å². The Morgan fingerprint density at radius 1 is 1.33 bits per heavy atom. The summed E-state index contributed by atoms with van der Waals surface area (Å²) in [5.41, 5.74) is 1.36. The molecular formula is C16H22N4O. The summed E-state index contributed by atoms with van der Waals surface area (Å²) in [7, 11) is 0. The van der Waals surface area contributed by atoms with Crippen molar-refractivity contribution >= 4 is 0 Å². The Morgan fingerprint density at radius 3 is 2.90 bits per heavy atom. The smallest absolute Gasteiger partial charge is 0.227 e. The number of hydrogen-bond donors (Lipinski definition) is 1. The van der Waals surface area contributed by atoms with E-state index in [0.29, 0.717) is 12.1 Å². The van der Waals surface area contributed by atoms with Crippen molar-refractivity contribution < 1.29 is 4.52 Å². The van der Waals surface area contributed by atoms with E-state index in [4.69, 9.17) is 4.52 Å². The van der Waals surface area contributed by atoms with Crippen LogP contribution in [0.4, 0.5) is 0 Å². The number of rotatable bonds is 5. The molecule has 1 aliphatic rings. The number of piperazine rings is 1. The summed E-state index contributed by atoms with van der Waals surface area (Å²) in [6.07, 6.45) is 3.44. The molecule has 0 spiro atoms. The Bertz CT molecular complexity index is 528. The summed E-state index contributed by atoms with van der Waals surface area (Å²) in [4.78, 5) is 6.65. The largest absolute Gasteiger partial charge is 0.340 e. The minimum atomic E-state index is 0.400. The predicted molar refractivity (Wildman–Crippen MR) is 80.8 cm³/mol. The van der Waals surface area contributed by atoms with Gasteiger partial charge in [0, 0.05) is 38.1 Å². The maximum atomic E-state index is 5.10. The highest BCUT2D eigenvalue weighted by Gasteiger charge is 2.27. The van der Waals surface area contributed by atoms with E-state index in [1.165, 1.54) is 11.9 Å². The van der Waals surface area contributed by atoms with Gasteiger partial charge < -0.3 is 9.84 Å². The number of hydrogen-bond acceptors (Lipinski definition) is 5. The lowest BCUT2D eigenvalue weighted by Gasteiger charge is -2.40. The first-order valence-electron chi connectivity index (χ1n) is 7.64. The average molecular weight is 286 g/mol. The summed E-state index contributed by atoms with van der Waals surface area (Å²) >= 11 is 0. The molecule has 1 aromatic carbocycles. The molecule has 0 radical (unpaired) electrons. The van der Waals surface area contributed by atoms with E-state index in [0.717, 1.165) is 38.4 Å². The van der Waals surface area contributed by atoms with E-state index < -0.39 is 0 Å². The van der Waals surface area contributed by atoms with Crippen LogP contribution in [0.5, 0.6) is 0 Å². The molecule has 1 N–H and O–H groups in total. The second-order valence-electron chi connectivity index (χ2n) is 5.51. The molecule has 2 unspecified atom stereocenters. The minimum Gasteiger partial charge on any atom is -0.340 e. The quantitative estimate of drug-likeness (QED) is 0.911. The van der Waals surface area contributed by atoms with Crippen molar-refractivity contribution in [2.24, 2.45) is 0 Å². The van der Waals surface area contributed by atoms with E-state index in [1.807, 2.05) is 0 Å². The normalized spacial score (nSPS) is 23.3. The van der Waals surface area contributed by atoms with Crippen LogP contribution in [-0.2, 0) is 6.42 Å². The summed E-state index contributed by atoms with van der Waals surface area (Å²) < 4.78 is 5.10. The number of aromatic nitrogens is 2. The van der Waals surface area contributed by atoms with E-state index >= 15 is 0 Å². The van der Waals surface area contributed by atoms with Gasteiger partial charge in [0.2, 0.25) is 5.89 Å². The summed E-state index contributed by atoms with van der Waals surface area (Å²) in [6.45, 7) is 5.26. The Morgan fingerprint density at radius 2 is 2.19 bits per heavy atom. The molecule has 5 heteroatoms. The van der Waals surface area contributed by atoms with Crippen LogP contribution < -0.4 is 5.32 Å². The molecule has 5 nitrogen and oxygen atoms in total. The van der Waals surface area contributed by atoms with Crippen molar-refractivity contribution in [3.8, 4) is 0 Å². The van der Waals surface area contributed by atoms with Crippen molar-refractivity contribution in [3.63, 3.8) is 0 Å². The molecular weight excluding hydrogens is 264 g/mol. The average Bonchev–Trinajstić information content (AvgIpc) is 3.07. The van der Waals surface area contributed by atoms with Gasteiger partial charge in [-0.3, -0.25) is 4.90 Å². The van der Waals surface area contributed by atoms with Crippen molar-refractivity contribution in [2.45, 2.75) is 31.8 Å². The molecule has 0 aliphatic carbocycles. The number of benzene rings is 1. The fourth-order valence-electron chi connectivity index (χ4n) is 2.99. The van der Waals surface area contributed by atoms with Crippen molar-refractivity contribution in [1.29, 1.82) is 0 Å². The second-order valence-corrected chi connectivity index (χ2v) is 5.51. The zero-order valence-corrected chi connectivity index (χ0v) is 12.4. The van der Waals surface area contributed by atoms with Crippen LogP contribution in [0.25, 0.3) is 0 Å². The lowest BCUT2D eigenvalue weighted by atomic mass is 10.0. The van der Waals surface area contributed by atoms with Gasteiger partial charge in [-0.05, 0) is 12.0 Å². The van der Waals surface area contributed by atoms with Gasteiger partial charge in [0.05, 0.1) is 0 Å².